The Morgan fingerprint density at radius 3 is 2.59 bits per heavy atom. The zero-order valence-electron chi connectivity index (χ0n) is 11.4. The second-order valence-corrected chi connectivity index (χ2v) is 4.97. The molecule has 0 radical (unpaired) electrons. The number of carbonyl (C=O) groups is 2. The summed E-state index contributed by atoms with van der Waals surface area (Å²) in [6, 6.07) is 4.54. The zero-order valence-corrected chi connectivity index (χ0v) is 12.9. The molecular formula is C13H11Cl2NO6. The lowest BCUT2D eigenvalue weighted by molar-refractivity contribution is -0.756. The smallest absolute Gasteiger partial charge is 0.318 e. The van der Waals surface area contributed by atoms with Gasteiger partial charge in [0.1, 0.15) is 18.0 Å². The van der Waals surface area contributed by atoms with Crippen molar-refractivity contribution in [1.82, 2.24) is 0 Å². The molecular weight excluding hydrogens is 337 g/mol. The minimum Gasteiger partial charge on any atom is -0.429 e. The topological polar surface area (TPSA) is 95.7 Å². The minimum absolute atomic E-state index is 0.160. The molecule has 0 saturated carbocycles. The number of hydrogen-bond acceptors (Lipinski definition) is 6. The number of ketones is 1. The van der Waals surface area contributed by atoms with Gasteiger partial charge in [0.2, 0.25) is 0 Å². The number of rotatable bonds is 7. The van der Waals surface area contributed by atoms with Crippen LogP contribution in [0.4, 0.5) is 0 Å². The van der Waals surface area contributed by atoms with Gasteiger partial charge in [-0.15, -0.1) is 10.1 Å². The predicted octanol–water partition coefficient (Wildman–Crippen LogP) is 3.06. The van der Waals surface area contributed by atoms with Gasteiger partial charge < -0.3 is 9.57 Å². The van der Waals surface area contributed by atoms with Gasteiger partial charge >= 0.3 is 5.97 Å². The Morgan fingerprint density at radius 2 is 2.05 bits per heavy atom. The summed E-state index contributed by atoms with van der Waals surface area (Å²) in [5.74, 6) is -1.41. The summed E-state index contributed by atoms with van der Waals surface area (Å²) in [4.78, 5) is 36.7. The molecule has 1 rings (SSSR count). The van der Waals surface area contributed by atoms with Crippen LogP contribution in [-0.2, 0) is 19.2 Å². The summed E-state index contributed by atoms with van der Waals surface area (Å²) in [5, 5.41) is 9.88. The molecule has 1 aromatic rings. The van der Waals surface area contributed by atoms with Gasteiger partial charge in [0.25, 0.3) is 5.09 Å². The van der Waals surface area contributed by atoms with Crippen molar-refractivity contribution in [2.45, 2.75) is 13.3 Å². The molecule has 0 bridgehead atoms. The van der Waals surface area contributed by atoms with Gasteiger partial charge in [0.15, 0.2) is 6.61 Å². The monoisotopic (exact) mass is 347 g/mol. The van der Waals surface area contributed by atoms with Gasteiger partial charge in [-0.25, -0.2) is 0 Å². The largest absolute Gasteiger partial charge is 0.429 e. The van der Waals surface area contributed by atoms with Gasteiger partial charge in [-0.05, 0) is 30.7 Å². The number of esters is 1. The van der Waals surface area contributed by atoms with Crippen LogP contribution >= 0.6 is 23.2 Å². The van der Waals surface area contributed by atoms with Gasteiger partial charge in [-0.2, -0.15) is 0 Å². The maximum atomic E-state index is 11.5. The molecule has 0 atom stereocenters. The Bertz CT molecular complexity index is 629. The molecule has 0 aromatic heterocycles. The van der Waals surface area contributed by atoms with Crippen LogP contribution in [-0.4, -0.2) is 23.4 Å². The number of halogens is 2. The van der Waals surface area contributed by atoms with E-state index in [4.69, 9.17) is 27.9 Å². The van der Waals surface area contributed by atoms with Crippen molar-refractivity contribution in [3.05, 3.63) is 49.7 Å². The molecule has 0 saturated heterocycles. The fourth-order valence-corrected chi connectivity index (χ4v) is 1.86. The first-order chi connectivity index (χ1) is 10.3. The van der Waals surface area contributed by atoms with Crippen molar-refractivity contribution in [2.75, 3.05) is 6.61 Å². The summed E-state index contributed by atoms with van der Waals surface area (Å²) < 4.78 is 4.88. The maximum Gasteiger partial charge on any atom is 0.318 e. The SMILES string of the molecule is CC(=O)CC(=O)O/C(=C/c1ccc(Cl)cc1Cl)CO[N+](=O)[O-]. The third-order valence-corrected chi connectivity index (χ3v) is 2.79. The van der Waals surface area contributed by atoms with Gasteiger partial charge in [0.05, 0.1) is 0 Å². The fourth-order valence-electron chi connectivity index (χ4n) is 1.39. The third kappa shape index (κ3) is 6.55. The van der Waals surface area contributed by atoms with Crippen molar-refractivity contribution in [1.29, 1.82) is 0 Å². The molecule has 1 aromatic carbocycles. The Morgan fingerprint density at radius 1 is 1.36 bits per heavy atom. The highest BCUT2D eigenvalue weighted by Crippen LogP contribution is 2.23. The fraction of sp³-hybridized carbons (Fsp3) is 0.231. The normalized spacial score (nSPS) is 11.0. The second kappa shape index (κ2) is 8.35. The van der Waals surface area contributed by atoms with Crippen molar-refractivity contribution in [3.8, 4) is 0 Å². The van der Waals surface area contributed by atoms with E-state index in [0.29, 0.717) is 10.6 Å². The van der Waals surface area contributed by atoms with E-state index in [0.717, 1.165) is 0 Å². The minimum atomic E-state index is -1.03. The number of carbonyl (C=O) groups excluding carboxylic acids is 2. The lowest BCUT2D eigenvalue weighted by Crippen LogP contribution is -2.13. The quantitative estimate of drug-likeness (QED) is 0.247. The van der Waals surface area contributed by atoms with Gasteiger partial charge in [0, 0.05) is 10.0 Å². The second-order valence-electron chi connectivity index (χ2n) is 4.13. The molecule has 0 spiro atoms. The molecule has 9 heteroatoms. The average Bonchev–Trinajstić information content (AvgIpc) is 2.38. The molecule has 0 heterocycles. The number of hydrogen-bond donors (Lipinski definition) is 0. The molecule has 0 N–H and O–H groups in total. The van der Waals surface area contributed by atoms with Crippen LogP contribution in [0.3, 0.4) is 0 Å². The molecule has 22 heavy (non-hydrogen) atoms. The van der Waals surface area contributed by atoms with E-state index in [2.05, 4.69) is 4.84 Å². The van der Waals surface area contributed by atoms with Crippen molar-refractivity contribution < 1.29 is 24.3 Å². The number of benzene rings is 1. The van der Waals surface area contributed by atoms with Crippen LogP contribution in [0.1, 0.15) is 18.9 Å². The van der Waals surface area contributed by atoms with E-state index in [1.165, 1.54) is 25.1 Å². The van der Waals surface area contributed by atoms with Gasteiger partial charge in [-0.3, -0.25) is 9.59 Å². The highest BCUT2D eigenvalue weighted by atomic mass is 35.5. The van der Waals surface area contributed by atoms with E-state index in [9.17, 15) is 19.7 Å². The molecule has 0 fully saturated rings. The van der Waals surface area contributed by atoms with Crippen molar-refractivity contribution in [3.63, 3.8) is 0 Å². The molecule has 7 nitrogen and oxygen atoms in total. The van der Waals surface area contributed by atoms with E-state index >= 15 is 0 Å². The van der Waals surface area contributed by atoms with E-state index in [1.54, 1.807) is 6.07 Å². The zero-order chi connectivity index (χ0) is 16.7. The summed E-state index contributed by atoms with van der Waals surface area (Å²) in [6.07, 6.45) is 0.838. The Balaban J connectivity index is 2.97. The highest BCUT2D eigenvalue weighted by Gasteiger charge is 2.12. The van der Waals surface area contributed by atoms with Crippen LogP contribution in [0.5, 0.6) is 0 Å². The van der Waals surface area contributed by atoms with E-state index in [-0.39, 0.29) is 10.8 Å². The van der Waals surface area contributed by atoms with E-state index in [1.807, 2.05) is 0 Å². The molecule has 118 valence electrons. The first-order valence-corrected chi connectivity index (χ1v) is 6.66. The first kappa shape index (κ1) is 17.9. The predicted molar refractivity (Wildman–Crippen MR) is 78.8 cm³/mol. The molecule has 0 amide bonds. The summed E-state index contributed by atoms with van der Waals surface area (Å²) >= 11 is 11.7. The summed E-state index contributed by atoms with van der Waals surface area (Å²) in [5.41, 5.74) is 0.420. The Hall–Kier alpha value is -2.12. The van der Waals surface area contributed by atoms with Gasteiger partial charge in [-0.1, -0.05) is 29.3 Å². The number of Topliss-reactive ketones (excluding diaryl/α,β-unsaturated/α-hetero) is 1. The lowest BCUT2D eigenvalue weighted by atomic mass is 10.2. The van der Waals surface area contributed by atoms with E-state index < -0.39 is 29.9 Å². The highest BCUT2D eigenvalue weighted by molar-refractivity contribution is 6.35. The van der Waals surface area contributed by atoms with Crippen LogP contribution in [0, 0.1) is 10.1 Å². The molecule has 0 unspecified atom stereocenters. The summed E-state index contributed by atoms with van der Waals surface area (Å²) in [6.45, 7) is 0.615. The van der Waals surface area contributed by atoms with Crippen LogP contribution in [0.2, 0.25) is 10.0 Å². The maximum absolute atomic E-state index is 11.5. The number of ether oxygens (including phenoxy) is 1. The standard InChI is InChI=1S/C13H11Cl2NO6/c1-8(17)4-13(18)22-11(7-21-16(19)20)5-9-2-3-10(14)6-12(9)15/h2-3,5-6H,4,7H2,1H3/b11-5+. The van der Waals surface area contributed by atoms with Crippen LogP contribution < -0.4 is 0 Å². The third-order valence-electron chi connectivity index (χ3n) is 2.23. The average molecular weight is 348 g/mol. The van der Waals surface area contributed by atoms with Crippen LogP contribution in [0.15, 0.2) is 24.0 Å². The first-order valence-electron chi connectivity index (χ1n) is 5.91. The van der Waals surface area contributed by atoms with Crippen molar-refractivity contribution in [2.24, 2.45) is 0 Å². The lowest BCUT2D eigenvalue weighted by Gasteiger charge is -2.08. The Kier molecular flexibility index (Phi) is 6.81. The molecule has 0 aliphatic heterocycles. The molecule has 0 aliphatic rings. The molecule has 0 aliphatic carbocycles. The van der Waals surface area contributed by atoms with Crippen molar-refractivity contribution >= 4 is 41.0 Å². The summed E-state index contributed by atoms with van der Waals surface area (Å²) in [7, 11) is 0. The number of nitrogens with zero attached hydrogens (tertiary/aromatic N) is 1. The Labute approximate surface area is 135 Å². The van der Waals surface area contributed by atoms with Crippen LogP contribution in [0.25, 0.3) is 6.08 Å².